The van der Waals surface area contributed by atoms with Gasteiger partial charge in [-0.05, 0) is 38.3 Å². The molecule has 1 atom stereocenters. The Morgan fingerprint density at radius 1 is 1.27 bits per heavy atom. The first-order valence-electron chi connectivity index (χ1n) is 6.62. The predicted octanol–water partition coefficient (Wildman–Crippen LogP) is 4.06. The van der Waals surface area contributed by atoms with Crippen molar-refractivity contribution in [1.29, 1.82) is 0 Å². The molecule has 1 nitrogen and oxygen atoms in total. The van der Waals surface area contributed by atoms with Crippen molar-refractivity contribution in [3.05, 3.63) is 0 Å². The Morgan fingerprint density at radius 3 is 2.47 bits per heavy atom. The largest absolute Gasteiger partial charge is 0.303 e. The Bertz CT molecular complexity index is 150. The highest BCUT2D eigenvalue weighted by Gasteiger charge is 2.18. The molecule has 0 aromatic heterocycles. The summed E-state index contributed by atoms with van der Waals surface area (Å²) in [6.45, 7) is 8.59. The predicted molar refractivity (Wildman–Crippen MR) is 71.7 cm³/mol. The van der Waals surface area contributed by atoms with Crippen LogP contribution in [-0.4, -0.2) is 29.4 Å². The van der Waals surface area contributed by atoms with Crippen molar-refractivity contribution in [2.24, 2.45) is 5.92 Å². The zero-order valence-corrected chi connectivity index (χ0v) is 11.9. The lowest BCUT2D eigenvalue weighted by molar-refractivity contribution is 0.191. The monoisotopic (exact) mass is 275 g/mol. The van der Waals surface area contributed by atoms with Crippen molar-refractivity contribution in [2.45, 2.75) is 57.2 Å². The number of hydrogen-bond acceptors (Lipinski definition) is 1. The van der Waals surface area contributed by atoms with E-state index in [9.17, 15) is 0 Å². The summed E-state index contributed by atoms with van der Waals surface area (Å²) in [6, 6.07) is 0. The van der Waals surface area contributed by atoms with E-state index in [4.69, 9.17) is 0 Å². The van der Waals surface area contributed by atoms with Crippen molar-refractivity contribution in [3.63, 3.8) is 0 Å². The standard InChI is InChI=1S/C13H26BrN/c1-3-5-6-12(4-2)11-15-9-7-13(14)8-10-15/h12-13H,3-11H2,1-2H3. The minimum absolute atomic E-state index is 0.782. The third-order valence-corrected chi connectivity index (χ3v) is 4.49. The Labute approximate surface area is 104 Å². The van der Waals surface area contributed by atoms with Crippen molar-refractivity contribution in [3.8, 4) is 0 Å². The lowest BCUT2D eigenvalue weighted by atomic mass is 9.97. The molecule has 1 rings (SSSR count). The minimum Gasteiger partial charge on any atom is -0.303 e. The molecule has 1 fully saturated rings. The van der Waals surface area contributed by atoms with Crippen molar-refractivity contribution >= 4 is 15.9 Å². The fourth-order valence-corrected chi connectivity index (χ4v) is 2.78. The number of piperidine rings is 1. The summed E-state index contributed by atoms with van der Waals surface area (Å²) in [5.74, 6) is 0.942. The molecule has 0 aromatic carbocycles. The summed E-state index contributed by atoms with van der Waals surface area (Å²) in [4.78, 5) is 3.45. The van der Waals surface area contributed by atoms with Crippen LogP contribution in [0.5, 0.6) is 0 Å². The maximum atomic E-state index is 3.71. The van der Waals surface area contributed by atoms with E-state index in [2.05, 4.69) is 34.7 Å². The second-order valence-corrected chi connectivity index (χ2v) is 6.19. The number of rotatable bonds is 6. The summed E-state index contributed by atoms with van der Waals surface area (Å²) in [5.41, 5.74) is 0. The molecule has 0 saturated carbocycles. The van der Waals surface area contributed by atoms with E-state index in [-0.39, 0.29) is 0 Å². The lowest BCUT2D eigenvalue weighted by Crippen LogP contribution is -2.37. The van der Waals surface area contributed by atoms with Crippen LogP contribution < -0.4 is 0 Å². The number of halogens is 1. The maximum Gasteiger partial charge on any atom is 0.0170 e. The normalized spacial score (nSPS) is 21.8. The smallest absolute Gasteiger partial charge is 0.0170 e. The zero-order valence-electron chi connectivity index (χ0n) is 10.3. The van der Waals surface area contributed by atoms with E-state index in [1.165, 1.54) is 58.2 Å². The van der Waals surface area contributed by atoms with Crippen LogP contribution >= 0.6 is 15.9 Å². The van der Waals surface area contributed by atoms with Gasteiger partial charge in [0.25, 0.3) is 0 Å². The third-order valence-electron chi connectivity index (χ3n) is 3.58. The van der Waals surface area contributed by atoms with E-state index in [1.54, 1.807) is 0 Å². The molecule has 1 heterocycles. The first kappa shape index (κ1) is 13.5. The van der Waals surface area contributed by atoms with E-state index >= 15 is 0 Å². The fraction of sp³-hybridized carbons (Fsp3) is 1.00. The molecular formula is C13H26BrN. The zero-order chi connectivity index (χ0) is 11.1. The molecule has 2 heteroatoms. The highest BCUT2D eigenvalue weighted by molar-refractivity contribution is 9.09. The van der Waals surface area contributed by atoms with Crippen molar-refractivity contribution < 1.29 is 0 Å². The van der Waals surface area contributed by atoms with Crippen LogP contribution in [0.1, 0.15) is 52.4 Å². The molecule has 1 aliphatic heterocycles. The van der Waals surface area contributed by atoms with Gasteiger partial charge in [-0.25, -0.2) is 0 Å². The molecule has 0 aliphatic carbocycles. The minimum atomic E-state index is 0.782. The molecule has 0 radical (unpaired) electrons. The third kappa shape index (κ3) is 5.35. The molecule has 0 N–H and O–H groups in total. The molecule has 0 aromatic rings. The van der Waals surface area contributed by atoms with Crippen LogP contribution in [0.25, 0.3) is 0 Å². The first-order valence-corrected chi connectivity index (χ1v) is 7.54. The maximum absolute atomic E-state index is 3.71. The van der Waals surface area contributed by atoms with Crippen LogP contribution in [0.3, 0.4) is 0 Å². The van der Waals surface area contributed by atoms with Gasteiger partial charge in [-0.2, -0.15) is 0 Å². The van der Waals surface area contributed by atoms with Gasteiger partial charge in [-0.3, -0.25) is 0 Å². The average molecular weight is 276 g/mol. The topological polar surface area (TPSA) is 3.24 Å². The number of alkyl halides is 1. The Hall–Kier alpha value is 0.440. The molecule has 15 heavy (non-hydrogen) atoms. The van der Waals surface area contributed by atoms with Crippen molar-refractivity contribution in [2.75, 3.05) is 19.6 Å². The van der Waals surface area contributed by atoms with Gasteiger partial charge in [-0.15, -0.1) is 0 Å². The Balaban J connectivity index is 2.19. The van der Waals surface area contributed by atoms with E-state index in [1.807, 2.05) is 0 Å². The van der Waals surface area contributed by atoms with Crippen LogP contribution in [0, 0.1) is 5.92 Å². The Kier molecular flexibility index (Phi) is 6.91. The first-order chi connectivity index (χ1) is 7.26. The number of unbranched alkanes of at least 4 members (excludes halogenated alkanes) is 1. The molecule has 1 unspecified atom stereocenters. The van der Waals surface area contributed by atoms with Crippen LogP contribution in [0.2, 0.25) is 0 Å². The average Bonchev–Trinajstić information content (AvgIpc) is 2.27. The molecule has 1 saturated heterocycles. The SMILES string of the molecule is CCCCC(CC)CN1CCC(Br)CC1. The van der Waals surface area contributed by atoms with Gasteiger partial charge < -0.3 is 4.90 Å². The van der Waals surface area contributed by atoms with Gasteiger partial charge in [0.2, 0.25) is 0 Å². The number of nitrogens with zero attached hydrogens (tertiary/aromatic N) is 1. The summed E-state index contributed by atoms with van der Waals surface area (Å²) >= 11 is 3.71. The van der Waals surface area contributed by atoms with Crippen LogP contribution in [0.15, 0.2) is 0 Å². The quantitative estimate of drug-likeness (QED) is 0.661. The van der Waals surface area contributed by atoms with Gasteiger partial charge in [0.05, 0.1) is 0 Å². The van der Waals surface area contributed by atoms with E-state index in [0.717, 1.165) is 10.7 Å². The van der Waals surface area contributed by atoms with Gasteiger partial charge in [0, 0.05) is 11.4 Å². The summed E-state index contributed by atoms with van der Waals surface area (Å²) in [7, 11) is 0. The summed E-state index contributed by atoms with van der Waals surface area (Å²) < 4.78 is 0. The van der Waals surface area contributed by atoms with Gasteiger partial charge >= 0.3 is 0 Å². The summed E-state index contributed by atoms with van der Waals surface area (Å²) in [5, 5.41) is 0. The molecule has 0 amide bonds. The van der Waals surface area contributed by atoms with E-state index in [0.29, 0.717) is 0 Å². The van der Waals surface area contributed by atoms with Gasteiger partial charge in [-0.1, -0.05) is 49.0 Å². The molecule has 0 bridgehead atoms. The van der Waals surface area contributed by atoms with Gasteiger partial charge in [0.1, 0.15) is 0 Å². The molecular weight excluding hydrogens is 250 g/mol. The van der Waals surface area contributed by atoms with E-state index < -0.39 is 0 Å². The molecule has 0 spiro atoms. The highest BCUT2D eigenvalue weighted by atomic mass is 79.9. The number of likely N-dealkylation sites (tertiary alicyclic amines) is 1. The summed E-state index contributed by atoms with van der Waals surface area (Å²) in [6.07, 6.45) is 8.22. The molecule has 1 aliphatic rings. The second-order valence-electron chi connectivity index (χ2n) is 4.89. The fourth-order valence-electron chi connectivity index (χ4n) is 2.37. The molecule has 90 valence electrons. The number of hydrogen-bond donors (Lipinski definition) is 0. The highest BCUT2D eigenvalue weighted by Crippen LogP contribution is 2.20. The lowest BCUT2D eigenvalue weighted by Gasteiger charge is -2.32. The second kappa shape index (κ2) is 7.67. The van der Waals surface area contributed by atoms with Crippen LogP contribution in [0.4, 0.5) is 0 Å². The van der Waals surface area contributed by atoms with Crippen LogP contribution in [-0.2, 0) is 0 Å². The van der Waals surface area contributed by atoms with Crippen molar-refractivity contribution in [1.82, 2.24) is 4.90 Å². The Morgan fingerprint density at radius 2 is 1.93 bits per heavy atom. The van der Waals surface area contributed by atoms with Gasteiger partial charge in [0.15, 0.2) is 0 Å².